The number of carbonyl (C=O) groups is 1. The third-order valence-electron chi connectivity index (χ3n) is 3.32. The van der Waals surface area contributed by atoms with E-state index in [9.17, 15) is 4.79 Å². The molecule has 3 nitrogen and oxygen atoms in total. The van der Waals surface area contributed by atoms with Crippen molar-refractivity contribution in [1.82, 2.24) is 5.32 Å². The maximum Gasteiger partial charge on any atom is 0.323 e. The Hall–Kier alpha value is -1.48. The van der Waals surface area contributed by atoms with Crippen molar-refractivity contribution in [3.63, 3.8) is 0 Å². The number of hydrogen-bond donors (Lipinski definition) is 2. The second-order valence-electron chi connectivity index (χ2n) is 4.87. The van der Waals surface area contributed by atoms with Gasteiger partial charge in [0.1, 0.15) is 0 Å². The van der Waals surface area contributed by atoms with Gasteiger partial charge in [0.15, 0.2) is 0 Å². The van der Waals surface area contributed by atoms with Gasteiger partial charge in [0.05, 0.1) is 0 Å². The van der Waals surface area contributed by atoms with E-state index in [1.807, 2.05) is 0 Å². The van der Waals surface area contributed by atoms with Crippen molar-refractivity contribution in [2.75, 3.05) is 5.32 Å². The predicted molar refractivity (Wildman–Crippen MR) is 79.3 cm³/mol. The Morgan fingerprint density at radius 2 is 2.05 bits per heavy atom. The summed E-state index contributed by atoms with van der Waals surface area (Å²) in [5.74, 6) is 0.611. The van der Waals surface area contributed by atoms with Crippen molar-refractivity contribution in [3.05, 3.63) is 41.6 Å². The summed E-state index contributed by atoms with van der Waals surface area (Å²) >= 11 is 5.85. The molecule has 1 aliphatic rings. The zero-order valence-corrected chi connectivity index (χ0v) is 11.6. The highest BCUT2D eigenvalue weighted by Crippen LogP contribution is 2.24. The average molecular weight is 279 g/mol. The molecule has 0 unspecified atom stereocenters. The van der Waals surface area contributed by atoms with E-state index < -0.39 is 0 Å². The molecule has 0 atom stereocenters. The van der Waals surface area contributed by atoms with Gasteiger partial charge < -0.3 is 10.6 Å². The monoisotopic (exact) mass is 278 g/mol. The molecule has 1 aromatic rings. The summed E-state index contributed by atoms with van der Waals surface area (Å²) in [5, 5.41) is 6.07. The molecule has 1 aliphatic carbocycles. The molecular formula is C15H19ClN2O. The number of nitrogens with one attached hydrogen (secondary N) is 2. The minimum atomic E-state index is -0.241. The highest BCUT2D eigenvalue weighted by molar-refractivity contribution is 6.30. The Labute approximate surface area is 119 Å². The molecule has 102 valence electrons. The Morgan fingerprint density at radius 1 is 1.26 bits per heavy atom. The first kappa shape index (κ1) is 13.9. The summed E-state index contributed by atoms with van der Waals surface area (Å²) < 4.78 is 0. The molecular weight excluding hydrogens is 260 g/mol. The molecule has 19 heavy (non-hydrogen) atoms. The van der Waals surface area contributed by atoms with Crippen LogP contribution >= 0.6 is 11.6 Å². The zero-order chi connectivity index (χ0) is 13.5. The van der Waals surface area contributed by atoms with Gasteiger partial charge in [-0.1, -0.05) is 43.0 Å². The zero-order valence-electron chi connectivity index (χ0n) is 10.9. The largest absolute Gasteiger partial charge is 0.323 e. The van der Waals surface area contributed by atoms with Gasteiger partial charge in [-0.3, -0.25) is 0 Å². The fraction of sp³-hybridized carbons (Fsp3) is 0.400. The molecule has 0 saturated heterocycles. The molecule has 1 saturated carbocycles. The van der Waals surface area contributed by atoms with Crippen LogP contribution in [0.15, 0.2) is 36.5 Å². The lowest BCUT2D eigenvalue weighted by Gasteiger charge is -2.17. The van der Waals surface area contributed by atoms with E-state index in [0.29, 0.717) is 16.6 Å². The first-order chi connectivity index (χ1) is 9.24. The molecule has 0 bridgehead atoms. The van der Waals surface area contributed by atoms with Gasteiger partial charge in [0, 0.05) is 16.9 Å². The number of hydrogen-bond acceptors (Lipinski definition) is 1. The first-order valence-electron chi connectivity index (χ1n) is 6.74. The fourth-order valence-corrected chi connectivity index (χ4v) is 2.51. The highest BCUT2D eigenvalue weighted by atomic mass is 35.5. The summed E-state index contributed by atoms with van der Waals surface area (Å²) in [6, 6.07) is 6.85. The van der Waals surface area contributed by atoms with Crippen molar-refractivity contribution >= 4 is 23.3 Å². The lowest BCUT2D eigenvalue weighted by atomic mass is 9.89. The van der Waals surface area contributed by atoms with Crippen LogP contribution in [0.4, 0.5) is 10.5 Å². The van der Waals surface area contributed by atoms with Crippen LogP contribution in [0.3, 0.4) is 0 Å². The summed E-state index contributed by atoms with van der Waals surface area (Å²) in [6.07, 6.45) is 10.2. The molecule has 0 aromatic heterocycles. The Balaban J connectivity index is 1.76. The second-order valence-corrected chi connectivity index (χ2v) is 5.30. The van der Waals surface area contributed by atoms with Crippen molar-refractivity contribution < 1.29 is 4.79 Å². The van der Waals surface area contributed by atoms with Crippen LogP contribution < -0.4 is 10.6 Å². The van der Waals surface area contributed by atoms with Crippen LogP contribution in [0.2, 0.25) is 5.02 Å². The van der Waals surface area contributed by atoms with Crippen LogP contribution in [-0.4, -0.2) is 6.03 Å². The van der Waals surface area contributed by atoms with Gasteiger partial charge in [-0.25, -0.2) is 4.79 Å². The van der Waals surface area contributed by atoms with Crippen molar-refractivity contribution in [1.29, 1.82) is 0 Å². The number of allylic oxidation sites excluding steroid dienone is 1. The van der Waals surface area contributed by atoms with E-state index in [4.69, 9.17) is 11.6 Å². The minimum Gasteiger partial charge on any atom is -0.315 e. The van der Waals surface area contributed by atoms with Crippen LogP contribution in [0.1, 0.15) is 32.1 Å². The fourth-order valence-electron chi connectivity index (χ4n) is 2.32. The topological polar surface area (TPSA) is 41.1 Å². The molecule has 0 heterocycles. The van der Waals surface area contributed by atoms with Crippen molar-refractivity contribution in [2.24, 2.45) is 5.92 Å². The maximum atomic E-state index is 11.6. The smallest absolute Gasteiger partial charge is 0.315 e. The minimum absolute atomic E-state index is 0.241. The van der Waals surface area contributed by atoms with Gasteiger partial charge in [-0.05, 0) is 37.0 Å². The Bertz CT molecular complexity index is 453. The van der Waals surface area contributed by atoms with Gasteiger partial charge in [-0.15, -0.1) is 0 Å². The van der Waals surface area contributed by atoms with E-state index in [1.54, 1.807) is 30.5 Å². The van der Waals surface area contributed by atoms with E-state index in [-0.39, 0.29) is 6.03 Å². The second kappa shape index (κ2) is 7.19. The van der Waals surface area contributed by atoms with Crippen LogP contribution in [0.5, 0.6) is 0 Å². The third kappa shape index (κ3) is 4.95. The summed E-state index contributed by atoms with van der Waals surface area (Å²) in [4.78, 5) is 11.6. The highest BCUT2D eigenvalue weighted by Gasteiger charge is 2.09. The van der Waals surface area contributed by atoms with E-state index >= 15 is 0 Å². The van der Waals surface area contributed by atoms with Gasteiger partial charge in [-0.2, -0.15) is 0 Å². The number of amides is 2. The molecule has 2 rings (SSSR count). The van der Waals surface area contributed by atoms with Crippen LogP contribution in [0, 0.1) is 5.92 Å². The first-order valence-corrected chi connectivity index (χ1v) is 7.11. The average Bonchev–Trinajstić information content (AvgIpc) is 2.40. The summed E-state index contributed by atoms with van der Waals surface area (Å²) in [7, 11) is 0. The summed E-state index contributed by atoms with van der Waals surface area (Å²) in [5.41, 5.74) is 0.691. The summed E-state index contributed by atoms with van der Waals surface area (Å²) in [6.45, 7) is 0. The predicted octanol–water partition coefficient (Wildman–Crippen LogP) is 4.56. The molecule has 2 N–H and O–H groups in total. The van der Waals surface area contributed by atoms with Crippen LogP contribution in [0.25, 0.3) is 0 Å². The molecule has 2 amide bonds. The molecule has 0 spiro atoms. The van der Waals surface area contributed by atoms with Crippen molar-refractivity contribution in [2.45, 2.75) is 32.1 Å². The maximum absolute atomic E-state index is 11.6. The molecule has 0 aliphatic heterocycles. The standard InChI is InChI=1S/C15H19ClN2O/c16-13-7-4-8-14(11-13)18-15(19)17-10-9-12-5-2-1-3-6-12/h4,7-12H,1-3,5-6H2,(H2,17,18,19)/b10-9+. The van der Waals surface area contributed by atoms with Crippen LogP contribution in [-0.2, 0) is 0 Å². The molecule has 4 heteroatoms. The van der Waals surface area contributed by atoms with E-state index in [1.165, 1.54) is 32.1 Å². The Morgan fingerprint density at radius 3 is 2.79 bits per heavy atom. The molecule has 1 aromatic carbocycles. The number of urea groups is 1. The van der Waals surface area contributed by atoms with E-state index in [0.717, 1.165) is 0 Å². The number of halogens is 1. The quantitative estimate of drug-likeness (QED) is 0.836. The van der Waals surface area contributed by atoms with Gasteiger partial charge in [0.25, 0.3) is 0 Å². The Kier molecular flexibility index (Phi) is 5.28. The van der Waals surface area contributed by atoms with Crippen molar-refractivity contribution in [3.8, 4) is 0 Å². The number of carbonyl (C=O) groups excluding carboxylic acids is 1. The number of rotatable bonds is 3. The number of anilines is 1. The van der Waals surface area contributed by atoms with Gasteiger partial charge in [0.2, 0.25) is 0 Å². The third-order valence-corrected chi connectivity index (χ3v) is 3.55. The van der Waals surface area contributed by atoms with E-state index in [2.05, 4.69) is 16.7 Å². The normalized spacial score (nSPS) is 16.5. The lowest BCUT2D eigenvalue weighted by Crippen LogP contribution is -2.24. The lowest BCUT2D eigenvalue weighted by molar-refractivity contribution is 0.255. The molecule has 1 fully saturated rings. The van der Waals surface area contributed by atoms with Gasteiger partial charge >= 0.3 is 6.03 Å². The molecule has 0 radical (unpaired) electrons. The number of benzene rings is 1. The SMILES string of the molecule is O=C(N/C=C/C1CCCCC1)Nc1cccc(Cl)c1.